The van der Waals surface area contributed by atoms with E-state index in [9.17, 15) is 28.8 Å². The van der Waals surface area contributed by atoms with Gasteiger partial charge in [-0.15, -0.1) is 0 Å². The van der Waals surface area contributed by atoms with Gasteiger partial charge in [-0.1, -0.05) is 0 Å². The quantitative estimate of drug-likeness (QED) is 0.360. The Bertz CT molecular complexity index is 1350. The Kier molecular flexibility index (Phi) is 9.09. The number of rotatable bonds is 7. The molecule has 2 aromatic carbocycles. The van der Waals surface area contributed by atoms with E-state index >= 15 is 0 Å². The second kappa shape index (κ2) is 12.3. The van der Waals surface area contributed by atoms with E-state index < -0.39 is 48.0 Å². The second-order valence-electron chi connectivity index (χ2n) is 8.60. The highest BCUT2D eigenvalue weighted by Gasteiger charge is 2.38. The molecule has 0 aromatic heterocycles. The summed E-state index contributed by atoms with van der Waals surface area (Å²) < 4.78 is 37.7. The highest BCUT2D eigenvalue weighted by Crippen LogP contribution is 2.47. The molecule has 0 aliphatic carbocycles. The molecule has 0 N–H and O–H groups in total. The first kappa shape index (κ1) is 29.6. The van der Waals surface area contributed by atoms with Gasteiger partial charge in [0.25, 0.3) is 0 Å². The van der Waals surface area contributed by atoms with Gasteiger partial charge in [0.1, 0.15) is 23.4 Å². The molecule has 1 heterocycles. The van der Waals surface area contributed by atoms with E-state index in [0.29, 0.717) is 5.56 Å². The Morgan fingerprint density at radius 3 is 1.60 bits per heavy atom. The van der Waals surface area contributed by atoms with E-state index in [2.05, 4.69) is 0 Å². The molecule has 0 saturated carbocycles. The van der Waals surface area contributed by atoms with Crippen molar-refractivity contribution in [3.8, 4) is 34.5 Å². The van der Waals surface area contributed by atoms with Crippen LogP contribution in [0.2, 0.25) is 0 Å². The lowest BCUT2D eigenvalue weighted by Gasteiger charge is -2.34. The van der Waals surface area contributed by atoms with E-state index in [1.54, 1.807) is 0 Å². The first-order valence-electron chi connectivity index (χ1n) is 11.8. The minimum absolute atomic E-state index is 0.0126. The van der Waals surface area contributed by atoms with Crippen LogP contribution in [-0.4, -0.2) is 41.9 Å². The van der Waals surface area contributed by atoms with Gasteiger partial charge < -0.3 is 33.2 Å². The number of hydrogen-bond acceptors (Lipinski definition) is 13. The highest BCUT2D eigenvalue weighted by atomic mass is 16.6. The number of esters is 6. The Labute approximate surface area is 228 Å². The summed E-state index contributed by atoms with van der Waals surface area (Å²) in [6.45, 7) is 6.86. The summed E-state index contributed by atoms with van der Waals surface area (Å²) >= 11 is 0. The van der Waals surface area contributed by atoms with Crippen molar-refractivity contribution >= 4 is 35.8 Å². The van der Waals surface area contributed by atoms with Crippen LogP contribution in [0.4, 0.5) is 0 Å². The standard InChI is InChI=1S/C27H26O13/c1-12(28)34-19-9-21(35-13(2)29)20-11-25(38-16(5)32)26(40-22(20)10-19)18-7-23(36-14(3)30)27(39-17(6)33)24(8-18)37-15(4)31/h7-10,25-26H,11H2,1-6H3/t25-,26+/m0/s1. The average molecular weight is 558 g/mol. The van der Waals surface area contributed by atoms with Crippen molar-refractivity contribution in [2.45, 2.75) is 60.2 Å². The molecular formula is C27H26O13. The maximum absolute atomic E-state index is 12.0. The van der Waals surface area contributed by atoms with E-state index in [4.69, 9.17) is 33.2 Å². The van der Waals surface area contributed by atoms with E-state index in [-0.39, 0.29) is 46.5 Å². The first-order valence-corrected chi connectivity index (χ1v) is 11.8. The molecular weight excluding hydrogens is 532 g/mol. The number of ether oxygens (including phenoxy) is 7. The summed E-state index contributed by atoms with van der Waals surface area (Å²) in [5.74, 6) is -5.04. The summed E-state index contributed by atoms with van der Waals surface area (Å²) in [7, 11) is 0. The van der Waals surface area contributed by atoms with Gasteiger partial charge in [-0.3, -0.25) is 28.8 Å². The van der Waals surface area contributed by atoms with Crippen LogP contribution in [0.25, 0.3) is 0 Å². The van der Waals surface area contributed by atoms with Gasteiger partial charge in [0.15, 0.2) is 17.6 Å². The van der Waals surface area contributed by atoms with Crippen LogP contribution in [0.3, 0.4) is 0 Å². The van der Waals surface area contributed by atoms with E-state index in [1.165, 1.54) is 45.0 Å². The predicted octanol–water partition coefficient (Wildman–Crippen LogP) is 2.92. The molecule has 0 unspecified atom stereocenters. The Balaban J connectivity index is 2.23. The summed E-state index contributed by atoms with van der Waals surface area (Å²) in [5.41, 5.74) is 0.526. The van der Waals surface area contributed by atoms with Gasteiger partial charge in [0, 0.05) is 71.2 Å². The molecule has 0 bridgehead atoms. The van der Waals surface area contributed by atoms with Crippen molar-refractivity contribution < 1.29 is 61.9 Å². The topological polar surface area (TPSA) is 167 Å². The zero-order chi connectivity index (χ0) is 29.7. The van der Waals surface area contributed by atoms with Crippen LogP contribution in [0.15, 0.2) is 24.3 Å². The molecule has 1 aliphatic heterocycles. The van der Waals surface area contributed by atoms with Gasteiger partial charge in [-0.05, 0) is 12.1 Å². The average Bonchev–Trinajstić information content (AvgIpc) is 2.79. The molecule has 0 fully saturated rings. The van der Waals surface area contributed by atoms with Gasteiger partial charge in [-0.2, -0.15) is 0 Å². The Hall–Kier alpha value is -4.94. The SMILES string of the molecule is CC(=O)Oc1cc(OC(C)=O)c2c(c1)O[C@H](c1cc(OC(C)=O)c(OC(C)=O)c(OC(C)=O)c1)[C@@H](OC(C)=O)C2. The molecule has 2 aromatic rings. The molecule has 212 valence electrons. The number of hydrogen-bond donors (Lipinski definition) is 0. The van der Waals surface area contributed by atoms with Crippen molar-refractivity contribution in [1.29, 1.82) is 0 Å². The summed E-state index contributed by atoms with van der Waals surface area (Å²) in [6.07, 6.45) is -2.18. The molecule has 40 heavy (non-hydrogen) atoms. The maximum atomic E-state index is 12.0. The van der Waals surface area contributed by atoms with Gasteiger partial charge >= 0.3 is 35.8 Å². The minimum Gasteiger partial charge on any atom is -0.481 e. The van der Waals surface area contributed by atoms with Gasteiger partial charge in [0.05, 0.1) is 0 Å². The third-order valence-electron chi connectivity index (χ3n) is 5.10. The zero-order valence-electron chi connectivity index (χ0n) is 22.5. The van der Waals surface area contributed by atoms with Crippen LogP contribution in [0.1, 0.15) is 58.8 Å². The molecule has 1 aliphatic rings. The molecule has 0 amide bonds. The molecule has 2 atom stereocenters. The van der Waals surface area contributed by atoms with E-state index in [1.807, 2.05) is 0 Å². The second-order valence-corrected chi connectivity index (χ2v) is 8.60. The van der Waals surface area contributed by atoms with Crippen molar-refractivity contribution in [3.05, 3.63) is 35.4 Å². The maximum Gasteiger partial charge on any atom is 0.308 e. The number of benzene rings is 2. The van der Waals surface area contributed by atoms with Crippen LogP contribution in [-0.2, 0) is 39.9 Å². The number of carbonyl (C=O) groups excluding carboxylic acids is 6. The lowest BCUT2D eigenvalue weighted by molar-refractivity contribution is -0.152. The van der Waals surface area contributed by atoms with Crippen molar-refractivity contribution in [2.24, 2.45) is 0 Å². The fourth-order valence-electron chi connectivity index (χ4n) is 3.96. The lowest BCUT2D eigenvalue weighted by Crippen LogP contribution is -2.34. The molecule has 13 heteroatoms. The van der Waals surface area contributed by atoms with Gasteiger partial charge in [-0.25, -0.2) is 0 Å². The fraction of sp³-hybridized carbons (Fsp3) is 0.333. The molecule has 13 nitrogen and oxygen atoms in total. The van der Waals surface area contributed by atoms with Gasteiger partial charge in [0.2, 0.25) is 5.75 Å². The van der Waals surface area contributed by atoms with E-state index in [0.717, 1.165) is 20.8 Å². The summed E-state index contributed by atoms with van der Waals surface area (Å²) in [4.78, 5) is 70.8. The third-order valence-corrected chi connectivity index (χ3v) is 5.10. The molecule has 0 spiro atoms. The van der Waals surface area contributed by atoms with Crippen LogP contribution in [0.5, 0.6) is 34.5 Å². The van der Waals surface area contributed by atoms with Crippen LogP contribution in [0, 0.1) is 0 Å². The number of carbonyl (C=O) groups is 6. The fourth-order valence-corrected chi connectivity index (χ4v) is 3.96. The predicted molar refractivity (Wildman–Crippen MR) is 132 cm³/mol. The van der Waals surface area contributed by atoms with Crippen LogP contribution >= 0.6 is 0 Å². The molecule has 0 saturated heterocycles. The third kappa shape index (κ3) is 7.56. The molecule has 3 rings (SSSR count). The largest absolute Gasteiger partial charge is 0.481 e. The highest BCUT2D eigenvalue weighted by molar-refractivity contribution is 5.78. The number of fused-ring (bicyclic) bond motifs is 1. The lowest BCUT2D eigenvalue weighted by atomic mass is 9.93. The zero-order valence-corrected chi connectivity index (χ0v) is 22.5. The summed E-state index contributed by atoms with van der Waals surface area (Å²) in [6, 6.07) is 5.29. The molecule has 0 radical (unpaired) electrons. The monoisotopic (exact) mass is 558 g/mol. The van der Waals surface area contributed by atoms with Crippen molar-refractivity contribution in [2.75, 3.05) is 0 Å². The van der Waals surface area contributed by atoms with Crippen molar-refractivity contribution in [1.82, 2.24) is 0 Å². The minimum atomic E-state index is -1.12. The van der Waals surface area contributed by atoms with Crippen molar-refractivity contribution in [3.63, 3.8) is 0 Å². The Morgan fingerprint density at radius 2 is 1.12 bits per heavy atom. The smallest absolute Gasteiger partial charge is 0.308 e. The van der Waals surface area contributed by atoms with Crippen LogP contribution < -0.4 is 28.4 Å². The summed E-state index contributed by atoms with van der Waals surface area (Å²) in [5, 5.41) is 0. The Morgan fingerprint density at radius 1 is 0.625 bits per heavy atom. The normalized spacial score (nSPS) is 15.4. The first-order chi connectivity index (χ1) is 18.7.